The number of nitrogens with one attached hydrogen (secondary N) is 1. The molecule has 0 radical (unpaired) electrons. The zero-order chi connectivity index (χ0) is 17.0. The van der Waals surface area contributed by atoms with E-state index in [4.69, 9.17) is 4.74 Å². The van der Waals surface area contributed by atoms with Gasteiger partial charge in [-0.1, -0.05) is 6.07 Å². The second kappa shape index (κ2) is 7.77. The Morgan fingerprint density at radius 3 is 2.78 bits per heavy atom. The van der Waals surface area contributed by atoms with Crippen molar-refractivity contribution in [1.29, 1.82) is 0 Å². The largest absolute Gasteiger partial charge is 0.496 e. The van der Waals surface area contributed by atoms with Gasteiger partial charge in [-0.15, -0.1) is 11.8 Å². The summed E-state index contributed by atoms with van der Waals surface area (Å²) in [5.74, 6) is 0.828. The molecule has 0 amide bonds. The molecule has 1 fully saturated rings. The third-order valence-electron chi connectivity index (χ3n) is 4.07. The summed E-state index contributed by atoms with van der Waals surface area (Å²) in [5, 5.41) is 3.43. The predicted octanol–water partition coefficient (Wildman–Crippen LogP) is 3.70. The van der Waals surface area contributed by atoms with E-state index < -0.39 is 12.7 Å². The summed E-state index contributed by atoms with van der Waals surface area (Å²) >= 11 is 1.62. The molecule has 1 heterocycles. The molecule has 7 heteroatoms. The number of nitrogens with zero attached hydrogens (tertiary/aromatic N) is 1. The van der Waals surface area contributed by atoms with E-state index in [-0.39, 0.29) is 12.1 Å². The zero-order valence-electron chi connectivity index (χ0n) is 13.6. The second-order valence-corrected chi connectivity index (χ2v) is 6.69. The molecule has 0 unspecified atom stereocenters. The molecule has 1 N–H and O–H groups in total. The molecule has 0 saturated carbocycles. The van der Waals surface area contributed by atoms with Crippen molar-refractivity contribution in [3.05, 3.63) is 23.8 Å². The molecule has 1 saturated heterocycles. The smallest absolute Gasteiger partial charge is 0.401 e. The minimum atomic E-state index is -4.12. The highest BCUT2D eigenvalue weighted by Crippen LogP contribution is 2.30. The number of likely N-dealkylation sites (tertiary alicyclic amines) is 1. The number of halogens is 3. The molecule has 130 valence electrons. The Kier molecular flexibility index (Phi) is 6.22. The number of benzene rings is 1. The van der Waals surface area contributed by atoms with Gasteiger partial charge in [0.2, 0.25) is 0 Å². The van der Waals surface area contributed by atoms with E-state index in [9.17, 15) is 13.2 Å². The number of hydrogen-bond acceptors (Lipinski definition) is 4. The number of methoxy groups -OCH3 is 1. The van der Waals surface area contributed by atoms with Gasteiger partial charge in [-0.05, 0) is 37.3 Å². The van der Waals surface area contributed by atoms with Crippen molar-refractivity contribution in [1.82, 2.24) is 10.2 Å². The third-order valence-corrected chi connectivity index (χ3v) is 4.85. The van der Waals surface area contributed by atoms with Gasteiger partial charge in [0.05, 0.1) is 13.7 Å². The van der Waals surface area contributed by atoms with Crippen LogP contribution in [0, 0.1) is 0 Å². The van der Waals surface area contributed by atoms with Crippen LogP contribution in [-0.2, 0) is 0 Å². The Balaban J connectivity index is 1.93. The maximum atomic E-state index is 12.4. The predicted molar refractivity (Wildman–Crippen MR) is 87.2 cm³/mol. The molecule has 23 heavy (non-hydrogen) atoms. The summed E-state index contributed by atoms with van der Waals surface area (Å²) in [6.07, 6.45) is -1.39. The Labute approximate surface area is 139 Å². The van der Waals surface area contributed by atoms with Crippen molar-refractivity contribution in [3.63, 3.8) is 0 Å². The lowest BCUT2D eigenvalue weighted by Gasteiger charge is -2.22. The topological polar surface area (TPSA) is 24.5 Å². The normalized spacial score (nSPS) is 20.7. The summed E-state index contributed by atoms with van der Waals surface area (Å²) in [5.41, 5.74) is 1.08. The van der Waals surface area contributed by atoms with Crippen molar-refractivity contribution in [2.45, 2.75) is 36.5 Å². The van der Waals surface area contributed by atoms with Gasteiger partial charge in [-0.25, -0.2) is 0 Å². The second-order valence-electron chi connectivity index (χ2n) is 5.84. The van der Waals surface area contributed by atoms with Gasteiger partial charge in [0.1, 0.15) is 5.75 Å². The van der Waals surface area contributed by atoms with Gasteiger partial charge in [-0.2, -0.15) is 13.2 Å². The van der Waals surface area contributed by atoms with Crippen LogP contribution in [0.4, 0.5) is 13.2 Å². The van der Waals surface area contributed by atoms with Crippen molar-refractivity contribution >= 4 is 11.8 Å². The standard InChI is InChI=1S/C16H23F3N2OS/c1-11(12-4-5-15(23-3)14(8-12)22-2)20-13-6-7-21(9-13)10-16(17,18)19/h4-5,8,11,13,20H,6-7,9-10H2,1-3H3/t11-,13-/m1/s1. The van der Waals surface area contributed by atoms with Crippen LogP contribution < -0.4 is 10.1 Å². The van der Waals surface area contributed by atoms with Crippen molar-refractivity contribution in [2.24, 2.45) is 0 Å². The summed E-state index contributed by atoms with van der Waals surface area (Å²) in [4.78, 5) is 2.53. The molecule has 2 atom stereocenters. The average molecular weight is 348 g/mol. The van der Waals surface area contributed by atoms with Gasteiger partial charge in [0.15, 0.2) is 0 Å². The third kappa shape index (κ3) is 5.29. The van der Waals surface area contributed by atoms with Crippen LogP contribution >= 0.6 is 11.8 Å². The van der Waals surface area contributed by atoms with E-state index in [1.807, 2.05) is 31.4 Å². The van der Waals surface area contributed by atoms with Crippen LogP contribution in [0.5, 0.6) is 5.75 Å². The first-order valence-electron chi connectivity index (χ1n) is 7.59. The summed E-state index contributed by atoms with van der Waals surface area (Å²) < 4.78 is 42.7. The first kappa shape index (κ1) is 18.4. The molecular weight excluding hydrogens is 325 g/mol. The molecule has 0 aromatic heterocycles. The van der Waals surface area contributed by atoms with Crippen LogP contribution in [0.3, 0.4) is 0 Å². The Morgan fingerprint density at radius 1 is 1.43 bits per heavy atom. The van der Waals surface area contributed by atoms with Crippen LogP contribution in [0.25, 0.3) is 0 Å². The first-order valence-corrected chi connectivity index (χ1v) is 8.82. The molecule has 0 aliphatic carbocycles. The number of rotatable bonds is 6. The number of alkyl halides is 3. The van der Waals surface area contributed by atoms with E-state index in [0.717, 1.165) is 22.6 Å². The first-order chi connectivity index (χ1) is 10.8. The molecule has 1 aromatic rings. The molecule has 0 bridgehead atoms. The molecule has 2 rings (SSSR count). The highest BCUT2D eigenvalue weighted by atomic mass is 32.2. The maximum absolute atomic E-state index is 12.4. The minimum absolute atomic E-state index is 0.0654. The van der Waals surface area contributed by atoms with E-state index >= 15 is 0 Å². The quantitative estimate of drug-likeness (QED) is 0.792. The molecule has 3 nitrogen and oxygen atoms in total. The Bertz CT molecular complexity index is 525. The molecule has 1 aliphatic rings. The summed E-state index contributed by atoms with van der Waals surface area (Å²) in [6, 6.07) is 6.19. The van der Waals surface area contributed by atoms with Crippen molar-refractivity contribution in [3.8, 4) is 5.75 Å². The van der Waals surface area contributed by atoms with Crippen LogP contribution in [0.1, 0.15) is 24.9 Å². The van der Waals surface area contributed by atoms with E-state index in [1.54, 1.807) is 18.9 Å². The van der Waals surface area contributed by atoms with Crippen molar-refractivity contribution < 1.29 is 17.9 Å². The Hall–Kier alpha value is -0.920. The number of hydrogen-bond donors (Lipinski definition) is 1. The minimum Gasteiger partial charge on any atom is -0.496 e. The SMILES string of the molecule is COc1cc([C@@H](C)N[C@@H]2CCN(CC(F)(F)F)C2)ccc1SC. The lowest BCUT2D eigenvalue weighted by Crippen LogP contribution is -2.37. The average Bonchev–Trinajstić information content (AvgIpc) is 2.91. The number of thioether (sulfide) groups is 1. The fourth-order valence-corrected chi connectivity index (χ4v) is 3.49. The molecule has 1 aliphatic heterocycles. The fourth-order valence-electron chi connectivity index (χ4n) is 2.94. The summed E-state index contributed by atoms with van der Waals surface area (Å²) in [6.45, 7) is 2.12. The monoisotopic (exact) mass is 348 g/mol. The molecule has 0 spiro atoms. The van der Waals surface area contributed by atoms with Gasteiger partial charge in [0.25, 0.3) is 0 Å². The highest BCUT2D eigenvalue weighted by Gasteiger charge is 2.34. The highest BCUT2D eigenvalue weighted by molar-refractivity contribution is 7.98. The van der Waals surface area contributed by atoms with E-state index in [0.29, 0.717) is 13.1 Å². The van der Waals surface area contributed by atoms with Crippen molar-refractivity contribution in [2.75, 3.05) is 33.0 Å². The van der Waals surface area contributed by atoms with Gasteiger partial charge >= 0.3 is 6.18 Å². The van der Waals surface area contributed by atoms with Crippen LogP contribution in [-0.4, -0.2) is 50.1 Å². The lowest BCUT2D eigenvalue weighted by atomic mass is 10.1. The lowest BCUT2D eigenvalue weighted by molar-refractivity contribution is -0.143. The fraction of sp³-hybridized carbons (Fsp3) is 0.625. The van der Waals surface area contributed by atoms with Crippen LogP contribution in [0.15, 0.2) is 23.1 Å². The molecule has 1 aromatic carbocycles. The van der Waals surface area contributed by atoms with E-state index in [1.165, 1.54) is 4.90 Å². The van der Waals surface area contributed by atoms with Gasteiger partial charge in [0, 0.05) is 30.1 Å². The Morgan fingerprint density at radius 2 is 2.17 bits per heavy atom. The molecular formula is C16H23F3N2OS. The van der Waals surface area contributed by atoms with Gasteiger partial charge < -0.3 is 10.1 Å². The summed E-state index contributed by atoms with van der Waals surface area (Å²) in [7, 11) is 1.64. The maximum Gasteiger partial charge on any atom is 0.401 e. The van der Waals surface area contributed by atoms with E-state index in [2.05, 4.69) is 5.32 Å². The number of ether oxygens (including phenoxy) is 1. The van der Waals surface area contributed by atoms with Crippen LogP contribution in [0.2, 0.25) is 0 Å². The zero-order valence-corrected chi connectivity index (χ0v) is 14.4. The van der Waals surface area contributed by atoms with Gasteiger partial charge in [-0.3, -0.25) is 4.90 Å².